The van der Waals surface area contributed by atoms with Crippen LogP contribution in [0.4, 0.5) is 0 Å². The van der Waals surface area contributed by atoms with Crippen molar-refractivity contribution in [2.24, 2.45) is 5.92 Å². The molecule has 1 saturated carbocycles. The molecule has 0 saturated heterocycles. The molecule has 0 aliphatic heterocycles. The first-order valence-electron chi connectivity index (χ1n) is 6.24. The van der Waals surface area contributed by atoms with Gasteiger partial charge in [0.05, 0.1) is 13.2 Å². The smallest absolute Gasteiger partial charge is 0.0681 e. The second kappa shape index (κ2) is 6.15. The van der Waals surface area contributed by atoms with Crippen LogP contribution < -0.4 is 5.32 Å². The van der Waals surface area contributed by atoms with E-state index >= 15 is 0 Å². The molecular formula is C14H21NO2. The summed E-state index contributed by atoms with van der Waals surface area (Å²) in [6.07, 6.45) is 2.63. The first-order chi connectivity index (χ1) is 8.33. The van der Waals surface area contributed by atoms with Crippen LogP contribution in [0.15, 0.2) is 24.3 Å². The van der Waals surface area contributed by atoms with Gasteiger partial charge in [-0.2, -0.15) is 0 Å². The molecule has 0 amide bonds. The van der Waals surface area contributed by atoms with E-state index in [4.69, 9.17) is 9.84 Å². The fraction of sp³-hybridized carbons (Fsp3) is 0.571. The topological polar surface area (TPSA) is 41.5 Å². The molecular weight excluding hydrogens is 214 g/mol. The lowest BCUT2D eigenvalue weighted by molar-refractivity contribution is 0.157. The Kier molecular flexibility index (Phi) is 4.54. The molecule has 2 rings (SSSR count). The highest BCUT2D eigenvalue weighted by Gasteiger charge is 2.30. The SMILES string of the molecule is COCC(NCc1cccc(CO)c1)C1CC1. The zero-order valence-electron chi connectivity index (χ0n) is 10.4. The van der Waals surface area contributed by atoms with Gasteiger partial charge in [0, 0.05) is 19.7 Å². The van der Waals surface area contributed by atoms with E-state index in [-0.39, 0.29) is 6.61 Å². The summed E-state index contributed by atoms with van der Waals surface area (Å²) in [5.41, 5.74) is 2.19. The van der Waals surface area contributed by atoms with Gasteiger partial charge in [-0.15, -0.1) is 0 Å². The molecule has 1 aromatic carbocycles. The predicted octanol–water partition coefficient (Wildman–Crippen LogP) is 1.69. The van der Waals surface area contributed by atoms with Crippen molar-refractivity contribution < 1.29 is 9.84 Å². The van der Waals surface area contributed by atoms with Crippen LogP contribution in [-0.4, -0.2) is 24.9 Å². The molecule has 2 N–H and O–H groups in total. The van der Waals surface area contributed by atoms with Crippen molar-refractivity contribution in [1.29, 1.82) is 0 Å². The molecule has 1 atom stereocenters. The molecule has 0 spiro atoms. The van der Waals surface area contributed by atoms with Crippen molar-refractivity contribution in [1.82, 2.24) is 5.32 Å². The number of hydrogen-bond acceptors (Lipinski definition) is 3. The third kappa shape index (κ3) is 3.80. The number of aliphatic hydroxyl groups is 1. The monoisotopic (exact) mass is 235 g/mol. The predicted molar refractivity (Wildman–Crippen MR) is 67.6 cm³/mol. The summed E-state index contributed by atoms with van der Waals surface area (Å²) in [6.45, 7) is 1.74. The average Bonchev–Trinajstić information content (AvgIpc) is 3.19. The van der Waals surface area contributed by atoms with Crippen LogP contribution in [0.3, 0.4) is 0 Å². The van der Waals surface area contributed by atoms with Crippen molar-refractivity contribution in [3.05, 3.63) is 35.4 Å². The van der Waals surface area contributed by atoms with Gasteiger partial charge in [0.25, 0.3) is 0 Å². The third-order valence-corrected chi connectivity index (χ3v) is 3.28. The molecule has 3 heteroatoms. The van der Waals surface area contributed by atoms with Gasteiger partial charge in [-0.05, 0) is 29.9 Å². The second-order valence-electron chi connectivity index (χ2n) is 4.76. The lowest BCUT2D eigenvalue weighted by Gasteiger charge is -2.17. The van der Waals surface area contributed by atoms with Crippen molar-refractivity contribution in [3.63, 3.8) is 0 Å². The first kappa shape index (κ1) is 12.6. The van der Waals surface area contributed by atoms with E-state index in [1.54, 1.807) is 7.11 Å². The standard InChI is InChI=1S/C14H21NO2/c1-17-10-14(13-5-6-13)15-8-11-3-2-4-12(7-11)9-16/h2-4,7,13-16H,5-6,8-10H2,1H3. The van der Waals surface area contributed by atoms with Crippen LogP contribution in [0, 0.1) is 5.92 Å². The Labute approximate surface area is 103 Å². The van der Waals surface area contributed by atoms with Gasteiger partial charge in [0.2, 0.25) is 0 Å². The van der Waals surface area contributed by atoms with Gasteiger partial charge in [-0.1, -0.05) is 24.3 Å². The van der Waals surface area contributed by atoms with Gasteiger partial charge in [0.1, 0.15) is 0 Å². The lowest BCUT2D eigenvalue weighted by atomic mass is 10.1. The number of aliphatic hydroxyl groups excluding tert-OH is 1. The number of hydrogen-bond donors (Lipinski definition) is 2. The number of benzene rings is 1. The summed E-state index contributed by atoms with van der Waals surface area (Å²) in [7, 11) is 1.75. The molecule has 1 aliphatic rings. The first-order valence-corrected chi connectivity index (χ1v) is 6.24. The van der Waals surface area contributed by atoms with Crippen LogP contribution >= 0.6 is 0 Å². The maximum absolute atomic E-state index is 9.08. The van der Waals surface area contributed by atoms with E-state index in [2.05, 4.69) is 11.4 Å². The molecule has 1 fully saturated rings. The Bertz CT molecular complexity index is 350. The maximum atomic E-state index is 9.08. The third-order valence-electron chi connectivity index (χ3n) is 3.28. The minimum atomic E-state index is 0.109. The molecule has 0 radical (unpaired) electrons. The highest BCUT2D eigenvalue weighted by molar-refractivity contribution is 5.22. The summed E-state index contributed by atoms with van der Waals surface area (Å²) >= 11 is 0. The number of nitrogens with one attached hydrogen (secondary N) is 1. The molecule has 1 aliphatic carbocycles. The van der Waals surface area contributed by atoms with Crippen LogP contribution in [0.2, 0.25) is 0 Å². The molecule has 1 aromatic rings. The van der Waals surface area contributed by atoms with E-state index < -0.39 is 0 Å². The Morgan fingerprint density at radius 2 is 2.18 bits per heavy atom. The number of methoxy groups -OCH3 is 1. The van der Waals surface area contributed by atoms with Gasteiger partial charge in [0.15, 0.2) is 0 Å². The Morgan fingerprint density at radius 1 is 1.41 bits per heavy atom. The molecule has 0 aromatic heterocycles. The fourth-order valence-corrected chi connectivity index (χ4v) is 2.13. The zero-order valence-corrected chi connectivity index (χ0v) is 10.4. The van der Waals surface area contributed by atoms with Crippen LogP contribution in [0.5, 0.6) is 0 Å². The summed E-state index contributed by atoms with van der Waals surface area (Å²) in [6, 6.07) is 8.53. The van der Waals surface area contributed by atoms with E-state index in [1.165, 1.54) is 18.4 Å². The Hall–Kier alpha value is -0.900. The summed E-state index contributed by atoms with van der Waals surface area (Å²) in [4.78, 5) is 0. The summed E-state index contributed by atoms with van der Waals surface area (Å²) in [5.74, 6) is 0.788. The minimum absolute atomic E-state index is 0.109. The molecule has 0 bridgehead atoms. The van der Waals surface area contributed by atoms with Crippen molar-refractivity contribution in [2.45, 2.75) is 32.0 Å². The van der Waals surface area contributed by atoms with E-state index in [0.29, 0.717) is 6.04 Å². The fourth-order valence-electron chi connectivity index (χ4n) is 2.13. The second-order valence-corrected chi connectivity index (χ2v) is 4.76. The zero-order chi connectivity index (χ0) is 12.1. The molecule has 0 heterocycles. The average molecular weight is 235 g/mol. The molecule has 17 heavy (non-hydrogen) atoms. The van der Waals surface area contributed by atoms with Crippen molar-refractivity contribution >= 4 is 0 Å². The van der Waals surface area contributed by atoms with Gasteiger partial charge in [-0.3, -0.25) is 0 Å². The highest BCUT2D eigenvalue weighted by atomic mass is 16.5. The number of rotatable bonds is 7. The molecule has 1 unspecified atom stereocenters. The molecule has 94 valence electrons. The number of ether oxygens (including phenoxy) is 1. The van der Waals surface area contributed by atoms with Crippen molar-refractivity contribution in [2.75, 3.05) is 13.7 Å². The largest absolute Gasteiger partial charge is 0.392 e. The van der Waals surface area contributed by atoms with Crippen LogP contribution in [0.1, 0.15) is 24.0 Å². The Balaban J connectivity index is 1.86. The summed E-state index contributed by atoms with van der Waals surface area (Å²) < 4.78 is 5.24. The highest BCUT2D eigenvalue weighted by Crippen LogP contribution is 2.32. The Morgan fingerprint density at radius 3 is 2.82 bits per heavy atom. The van der Waals surface area contributed by atoms with E-state index in [1.807, 2.05) is 18.2 Å². The minimum Gasteiger partial charge on any atom is -0.392 e. The quantitative estimate of drug-likeness (QED) is 0.755. The van der Waals surface area contributed by atoms with E-state index in [9.17, 15) is 0 Å². The van der Waals surface area contributed by atoms with Crippen molar-refractivity contribution in [3.8, 4) is 0 Å². The van der Waals surface area contributed by atoms with Gasteiger partial charge >= 0.3 is 0 Å². The summed E-state index contributed by atoms with van der Waals surface area (Å²) in [5, 5.41) is 12.6. The van der Waals surface area contributed by atoms with Gasteiger partial charge in [-0.25, -0.2) is 0 Å². The normalized spacial score (nSPS) is 17.1. The lowest BCUT2D eigenvalue weighted by Crippen LogP contribution is -2.34. The van der Waals surface area contributed by atoms with Crippen LogP contribution in [0.25, 0.3) is 0 Å². The van der Waals surface area contributed by atoms with Gasteiger partial charge < -0.3 is 15.2 Å². The van der Waals surface area contributed by atoms with E-state index in [0.717, 1.165) is 24.6 Å². The van der Waals surface area contributed by atoms with Crippen LogP contribution in [-0.2, 0) is 17.9 Å². The maximum Gasteiger partial charge on any atom is 0.0681 e. The molecule has 3 nitrogen and oxygen atoms in total.